The van der Waals surface area contributed by atoms with Gasteiger partial charge in [0.1, 0.15) is 19.8 Å². The predicted molar refractivity (Wildman–Crippen MR) is 241 cm³/mol. The fraction of sp³-hybridized carbons (Fsp3) is 0.833. The van der Waals surface area contributed by atoms with Crippen LogP contribution in [0.2, 0.25) is 0 Å². The standard InChI is InChI=1S/C48H90NO8P/c1-6-8-10-12-14-16-18-20-22-24-26-28-30-32-34-36-38-40-47(50)54-44-46(45-56-58(52,53)55-43-42-49(3,4)5)57-48(51)41-39-37-35-33-31-29-27-25-23-21-19-17-15-13-11-9-7-2/h14,16-17,19-20,22,46H,6-13,15,18,21,23-45H2,1-5H3/b16-14+,19-17+,22-20+/t46-/m1/s1. The van der Waals surface area contributed by atoms with Crippen molar-refractivity contribution < 1.29 is 42.1 Å². The lowest BCUT2D eigenvalue weighted by Crippen LogP contribution is -2.37. The molecule has 0 aromatic rings. The molecule has 0 aliphatic carbocycles. The zero-order valence-electron chi connectivity index (χ0n) is 38.2. The minimum Gasteiger partial charge on any atom is -0.756 e. The number of quaternary nitrogens is 1. The minimum absolute atomic E-state index is 0.0324. The molecule has 0 fully saturated rings. The third-order valence-electron chi connectivity index (χ3n) is 10.1. The van der Waals surface area contributed by atoms with Crippen LogP contribution in [0.3, 0.4) is 0 Å². The number of carbonyl (C=O) groups excluding carboxylic acids is 2. The van der Waals surface area contributed by atoms with Crippen LogP contribution in [-0.4, -0.2) is 70.0 Å². The monoisotopic (exact) mass is 840 g/mol. The van der Waals surface area contributed by atoms with Gasteiger partial charge in [0.2, 0.25) is 0 Å². The van der Waals surface area contributed by atoms with Crippen molar-refractivity contribution in [1.29, 1.82) is 0 Å². The summed E-state index contributed by atoms with van der Waals surface area (Å²) in [5.41, 5.74) is 0. The number of carbonyl (C=O) groups is 2. The average molecular weight is 840 g/mol. The highest BCUT2D eigenvalue weighted by Gasteiger charge is 2.21. The molecule has 340 valence electrons. The second-order valence-corrected chi connectivity index (χ2v) is 18.5. The smallest absolute Gasteiger partial charge is 0.306 e. The molecule has 0 radical (unpaired) electrons. The Bertz CT molecular complexity index is 1090. The van der Waals surface area contributed by atoms with Crippen LogP contribution >= 0.6 is 7.82 Å². The summed E-state index contributed by atoms with van der Waals surface area (Å²) < 4.78 is 34.0. The fourth-order valence-corrected chi connectivity index (χ4v) is 7.11. The molecule has 0 amide bonds. The van der Waals surface area contributed by atoms with Crippen molar-refractivity contribution >= 4 is 19.8 Å². The summed E-state index contributed by atoms with van der Waals surface area (Å²) in [4.78, 5) is 37.6. The number of phosphoric acid groups is 1. The molecule has 0 rings (SSSR count). The largest absolute Gasteiger partial charge is 0.756 e. The summed E-state index contributed by atoms with van der Waals surface area (Å²) >= 11 is 0. The quantitative estimate of drug-likeness (QED) is 0.0196. The number of hydrogen-bond donors (Lipinski definition) is 0. The van der Waals surface area contributed by atoms with Gasteiger partial charge in [-0.3, -0.25) is 14.2 Å². The number of ether oxygens (including phenoxy) is 2. The van der Waals surface area contributed by atoms with E-state index in [1.807, 2.05) is 21.1 Å². The van der Waals surface area contributed by atoms with E-state index in [1.165, 1.54) is 116 Å². The van der Waals surface area contributed by atoms with Gasteiger partial charge >= 0.3 is 11.9 Å². The summed E-state index contributed by atoms with van der Waals surface area (Å²) in [6, 6.07) is 0. The van der Waals surface area contributed by atoms with E-state index >= 15 is 0 Å². The van der Waals surface area contributed by atoms with Gasteiger partial charge in [-0.25, -0.2) is 0 Å². The molecule has 10 heteroatoms. The van der Waals surface area contributed by atoms with Crippen molar-refractivity contribution in [3.63, 3.8) is 0 Å². The topological polar surface area (TPSA) is 111 Å². The van der Waals surface area contributed by atoms with Crippen LogP contribution in [-0.2, 0) is 32.7 Å². The first-order chi connectivity index (χ1) is 28.0. The van der Waals surface area contributed by atoms with Crippen molar-refractivity contribution in [2.75, 3.05) is 47.5 Å². The molecule has 9 nitrogen and oxygen atoms in total. The molecule has 0 aromatic heterocycles. The van der Waals surface area contributed by atoms with Crippen molar-refractivity contribution in [3.05, 3.63) is 36.5 Å². The summed E-state index contributed by atoms with van der Waals surface area (Å²) in [6.07, 6.45) is 45.9. The molecule has 58 heavy (non-hydrogen) atoms. The van der Waals surface area contributed by atoms with Crippen LogP contribution < -0.4 is 4.89 Å². The molecule has 0 spiro atoms. The molecular weight excluding hydrogens is 750 g/mol. The van der Waals surface area contributed by atoms with Crippen molar-refractivity contribution in [3.8, 4) is 0 Å². The van der Waals surface area contributed by atoms with Crippen molar-refractivity contribution in [2.24, 2.45) is 0 Å². The van der Waals surface area contributed by atoms with Gasteiger partial charge in [-0.2, -0.15) is 0 Å². The van der Waals surface area contributed by atoms with Crippen molar-refractivity contribution in [2.45, 2.75) is 213 Å². The van der Waals surface area contributed by atoms with Gasteiger partial charge < -0.3 is 27.9 Å². The fourth-order valence-electron chi connectivity index (χ4n) is 6.39. The van der Waals surface area contributed by atoms with Crippen LogP contribution in [0, 0.1) is 0 Å². The normalized spacial score (nSPS) is 13.8. The number of rotatable bonds is 43. The number of allylic oxidation sites excluding steroid dienone is 6. The molecule has 0 saturated carbocycles. The lowest BCUT2D eigenvalue weighted by molar-refractivity contribution is -0.870. The Kier molecular flexibility index (Phi) is 39.4. The number of hydrogen-bond acceptors (Lipinski definition) is 8. The zero-order valence-corrected chi connectivity index (χ0v) is 39.1. The van der Waals surface area contributed by atoms with E-state index in [2.05, 4.69) is 50.3 Å². The number of likely N-dealkylation sites (N-methyl/N-ethyl adjacent to an activating group) is 1. The first-order valence-corrected chi connectivity index (χ1v) is 25.2. The van der Waals surface area contributed by atoms with Gasteiger partial charge in [-0.1, -0.05) is 159 Å². The van der Waals surface area contributed by atoms with E-state index < -0.39 is 32.5 Å². The number of unbranched alkanes of at least 4 members (excludes halogenated alkanes) is 23. The predicted octanol–water partition coefficient (Wildman–Crippen LogP) is 13.1. The Morgan fingerprint density at radius 1 is 0.534 bits per heavy atom. The number of phosphoric ester groups is 1. The SMILES string of the molecule is CCCCC/C=C/C/C=C/CCCCCCCCCC(=O)OC[C@H](COP(=O)([O-])OCC[N+](C)(C)C)OC(=O)CCCCCCCCCCC/C=C/CCCCCC. The first kappa shape index (κ1) is 56.2. The third-order valence-corrected chi connectivity index (χ3v) is 11.1. The average Bonchev–Trinajstić information content (AvgIpc) is 3.17. The summed E-state index contributed by atoms with van der Waals surface area (Å²) in [5, 5.41) is 0. The maximum Gasteiger partial charge on any atom is 0.306 e. The summed E-state index contributed by atoms with van der Waals surface area (Å²) in [7, 11) is 1.16. The molecule has 0 heterocycles. The Morgan fingerprint density at radius 3 is 1.41 bits per heavy atom. The maximum absolute atomic E-state index is 12.7. The van der Waals surface area contributed by atoms with E-state index in [0.29, 0.717) is 17.4 Å². The van der Waals surface area contributed by atoms with Gasteiger partial charge in [-0.05, 0) is 70.6 Å². The minimum atomic E-state index is -4.63. The Hall–Kier alpha value is -1.77. The van der Waals surface area contributed by atoms with Gasteiger partial charge in [0.25, 0.3) is 7.82 Å². The molecule has 1 unspecified atom stereocenters. The van der Waals surface area contributed by atoms with Crippen LogP contribution in [0.1, 0.15) is 206 Å². The molecule has 0 bridgehead atoms. The summed E-state index contributed by atoms with van der Waals surface area (Å²) in [6.45, 7) is 4.19. The highest BCUT2D eigenvalue weighted by atomic mass is 31.2. The first-order valence-electron chi connectivity index (χ1n) is 23.7. The van der Waals surface area contributed by atoms with E-state index in [1.54, 1.807) is 0 Å². The zero-order chi connectivity index (χ0) is 42.8. The van der Waals surface area contributed by atoms with Crippen LogP contribution in [0.4, 0.5) is 0 Å². The lowest BCUT2D eigenvalue weighted by atomic mass is 10.1. The molecule has 0 aliphatic heterocycles. The van der Waals surface area contributed by atoms with E-state index in [9.17, 15) is 19.0 Å². The maximum atomic E-state index is 12.7. The third kappa shape index (κ3) is 43.8. The Labute approximate surface area is 357 Å². The van der Waals surface area contributed by atoms with E-state index in [-0.39, 0.29) is 26.1 Å². The lowest BCUT2D eigenvalue weighted by Gasteiger charge is -2.28. The Morgan fingerprint density at radius 2 is 0.931 bits per heavy atom. The highest BCUT2D eigenvalue weighted by molar-refractivity contribution is 7.45. The molecule has 0 saturated heterocycles. The van der Waals surface area contributed by atoms with E-state index in [4.69, 9.17) is 18.5 Å². The van der Waals surface area contributed by atoms with Crippen LogP contribution in [0.5, 0.6) is 0 Å². The molecule has 0 aromatic carbocycles. The molecule has 0 N–H and O–H groups in total. The van der Waals surface area contributed by atoms with Gasteiger partial charge in [0.05, 0.1) is 27.7 Å². The van der Waals surface area contributed by atoms with Gasteiger partial charge in [-0.15, -0.1) is 0 Å². The van der Waals surface area contributed by atoms with Gasteiger partial charge in [0, 0.05) is 12.8 Å². The molecule has 0 aliphatic rings. The number of esters is 2. The van der Waals surface area contributed by atoms with Crippen LogP contribution in [0.15, 0.2) is 36.5 Å². The number of nitrogens with zero attached hydrogens (tertiary/aromatic N) is 1. The van der Waals surface area contributed by atoms with Crippen LogP contribution in [0.25, 0.3) is 0 Å². The highest BCUT2D eigenvalue weighted by Crippen LogP contribution is 2.38. The van der Waals surface area contributed by atoms with Gasteiger partial charge in [0.15, 0.2) is 6.10 Å². The Balaban J connectivity index is 4.32. The van der Waals surface area contributed by atoms with Crippen molar-refractivity contribution in [1.82, 2.24) is 0 Å². The molecular formula is C48H90NO8P. The van der Waals surface area contributed by atoms with E-state index in [0.717, 1.165) is 57.8 Å². The second kappa shape index (κ2) is 40.6. The second-order valence-electron chi connectivity index (χ2n) is 17.1. The summed E-state index contributed by atoms with van der Waals surface area (Å²) in [5.74, 6) is -0.842. The molecule has 2 atom stereocenters.